The van der Waals surface area contributed by atoms with E-state index in [1.54, 1.807) is 0 Å². The lowest BCUT2D eigenvalue weighted by atomic mass is 9.77. The highest BCUT2D eigenvalue weighted by Crippen LogP contribution is 2.38. The molecule has 0 bridgehead atoms. The van der Waals surface area contributed by atoms with Crippen LogP contribution in [-0.2, 0) is 19.6 Å². The van der Waals surface area contributed by atoms with Gasteiger partial charge in [-0.3, -0.25) is 9.48 Å². The van der Waals surface area contributed by atoms with E-state index in [2.05, 4.69) is 31.2 Å². The molecule has 1 fully saturated rings. The van der Waals surface area contributed by atoms with Crippen molar-refractivity contribution in [2.45, 2.75) is 72.1 Å². The number of hydrogen-bond acceptors (Lipinski definition) is 4. The molecule has 0 spiro atoms. The summed E-state index contributed by atoms with van der Waals surface area (Å²) in [6, 6.07) is 0. The molecule has 0 radical (unpaired) electrons. The Morgan fingerprint density at radius 2 is 1.84 bits per heavy atom. The first-order valence-electron chi connectivity index (χ1n) is 8.67. The number of nitrogens with zero attached hydrogens (tertiary/aromatic N) is 2. The standard InChI is InChI=1S/C18H30BN3O3/c1-13(23)20-11-15(19-24-17(5,6)18(7,8)25-19)9-14-10-21-22(12-14)16(2,3)4/h9-10,12H,11H2,1-8H3,(H,20,23). The van der Waals surface area contributed by atoms with E-state index in [-0.39, 0.29) is 11.4 Å². The molecule has 0 saturated carbocycles. The quantitative estimate of drug-likeness (QED) is 0.851. The van der Waals surface area contributed by atoms with E-state index >= 15 is 0 Å². The predicted octanol–water partition coefficient (Wildman–Crippen LogP) is 2.79. The van der Waals surface area contributed by atoms with Crippen LogP contribution in [0.15, 0.2) is 17.9 Å². The number of rotatable bonds is 4. The second-order valence-electron chi connectivity index (χ2n) is 8.61. The Morgan fingerprint density at radius 3 is 2.28 bits per heavy atom. The van der Waals surface area contributed by atoms with Crippen LogP contribution in [0.3, 0.4) is 0 Å². The van der Waals surface area contributed by atoms with E-state index in [0.29, 0.717) is 6.54 Å². The average Bonchev–Trinajstić information content (AvgIpc) is 2.97. The van der Waals surface area contributed by atoms with E-state index in [4.69, 9.17) is 9.31 Å². The van der Waals surface area contributed by atoms with Crippen LogP contribution in [0.4, 0.5) is 0 Å². The monoisotopic (exact) mass is 347 g/mol. The molecule has 1 aliphatic heterocycles. The molecule has 25 heavy (non-hydrogen) atoms. The van der Waals surface area contributed by atoms with Crippen molar-refractivity contribution in [2.75, 3.05) is 6.54 Å². The number of carbonyl (C=O) groups is 1. The first-order chi connectivity index (χ1) is 11.3. The number of carbonyl (C=O) groups excluding carboxylic acids is 1. The lowest BCUT2D eigenvalue weighted by Crippen LogP contribution is -2.41. The molecule has 0 atom stereocenters. The van der Waals surface area contributed by atoms with Gasteiger partial charge in [-0.1, -0.05) is 6.08 Å². The van der Waals surface area contributed by atoms with Crippen LogP contribution in [0, 0.1) is 0 Å². The lowest BCUT2D eigenvalue weighted by molar-refractivity contribution is -0.118. The van der Waals surface area contributed by atoms with Crippen LogP contribution in [0.1, 0.15) is 61.0 Å². The third kappa shape index (κ3) is 4.52. The molecule has 0 aromatic carbocycles. The summed E-state index contributed by atoms with van der Waals surface area (Å²) in [6.45, 7) is 16.2. The van der Waals surface area contributed by atoms with Gasteiger partial charge in [-0.15, -0.1) is 0 Å². The van der Waals surface area contributed by atoms with E-state index in [1.807, 2.05) is 50.8 Å². The minimum atomic E-state index is -0.505. The Morgan fingerprint density at radius 1 is 1.28 bits per heavy atom. The summed E-state index contributed by atoms with van der Waals surface area (Å²) in [7, 11) is -0.505. The average molecular weight is 347 g/mol. The van der Waals surface area contributed by atoms with E-state index in [9.17, 15) is 4.79 Å². The van der Waals surface area contributed by atoms with Gasteiger partial charge in [-0.25, -0.2) is 0 Å². The van der Waals surface area contributed by atoms with Crippen LogP contribution in [0.25, 0.3) is 6.08 Å². The second-order valence-corrected chi connectivity index (χ2v) is 8.61. The molecule has 1 aromatic rings. The minimum absolute atomic E-state index is 0.0891. The number of amides is 1. The van der Waals surface area contributed by atoms with Crippen molar-refractivity contribution in [3.63, 3.8) is 0 Å². The first kappa shape index (κ1) is 19.7. The normalized spacial score (nSPS) is 20.0. The molecular weight excluding hydrogens is 317 g/mol. The maximum Gasteiger partial charge on any atom is 0.492 e. The zero-order valence-electron chi connectivity index (χ0n) is 16.6. The molecule has 1 aromatic heterocycles. The minimum Gasteiger partial charge on any atom is -0.400 e. The van der Waals surface area contributed by atoms with Crippen LogP contribution in [-0.4, -0.2) is 40.6 Å². The van der Waals surface area contributed by atoms with Gasteiger partial charge in [0, 0.05) is 25.2 Å². The van der Waals surface area contributed by atoms with Gasteiger partial charge in [0.1, 0.15) is 0 Å². The highest BCUT2D eigenvalue weighted by Gasteiger charge is 2.52. The number of nitrogens with one attached hydrogen (secondary N) is 1. The Kier molecular flexibility index (Phi) is 5.22. The zero-order valence-corrected chi connectivity index (χ0v) is 16.6. The molecule has 6 nitrogen and oxygen atoms in total. The van der Waals surface area contributed by atoms with Gasteiger partial charge in [0.05, 0.1) is 22.9 Å². The molecule has 1 saturated heterocycles. The van der Waals surface area contributed by atoms with Crippen molar-refractivity contribution in [3.05, 3.63) is 23.4 Å². The summed E-state index contributed by atoms with van der Waals surface area (Å²) in [5, 5.41) is 7.26. The second kappa shape index (κ2) is 6.61. The maximum absolute atomic E-state index is 11.4. The van der Waals surface area contributed by atoms with Crippen molar-refractivity contribution in [1.82, 2.24) is 15.1 Å². The maximum atomic E-state index is 11.4. The summed E-state index contributed by atoms with van der Waals surface area (Å²) in [5.74, 6) is -0.0900. The molecule has 0 aliphatic carbocycles. The van der Waals surface area contributed by atoms with Gasteiger partial charge in [-0.2, -0.15) is 5.10 Å². The topological polar surface area (TPSA) is 65.4 Å². The molecule has 1 amide bonds. The van der Waals surface area contributed by atoms with Crippen molar-refractivity contribution < 1.29 is 14.1 Å². The van der Waals surface area contributed by atoms with Gasteiger partial charge in [-0.05, 0) is 53.9 Å². The predicted molar refractivity (Wildman–Crippen MR) is 100.0 cm³/mol. The molecule has 2 heterocycles. The lowest BCUT2D eigenvalue weighted by Gasteiger charge is -2.32. The summed E-state index contributed by atoms with van der Waals surface area (Å²) < 4.78 is 14.2. The summed E-state index contributed by atoms with van der Waals surface area (Å²) in [6.07, 6.45) is 5.77. The van der Waals surface area contributed by atoms with Gasteiger partial charge < -0.3 is 14.6 Å². The summed E-state index contributed by atoms with van der Waals surface area (Å²) in [4.78, 5) is 11.4. The van der Waals surface area contributed by atoms with E-state index in [1.165, 1.54) is 6.92 Å². The van der Waals surface area contributed by atoms with Gasteiger partial charge in [0.2, 0.25) is 5.91 Å². The highest BCUT2D eigenvalue weighted by atomic mass is 16.7. The fourth-order valence-electron chi connectivity index (χ4n) is 2.42. The Bertz CT molecular complexity index is 655. The Balaban J connectivity index is 2.30. The third-order valence-electron chi connectivity index (χ3n) is 4.74. The highest BCUT2D eigenvalue weighted by molar-refractivity contribution is 6.56. The van der Waals surface area contributed by atoms with Crippen LogP contribution in [0.5, 0.6) is 0 Å². The molecule has 7 heteroatoms. The molecule has 0 unspecified atom stereocenters. The fourth-order valence-corrected chi connectivity index (χ4v) is 2.42. The van der Waals surface area contributed by atoms with E-state index < -0.39 is 18.3 Å². The molecule has 1 aliphatic rings. The number of aromatic nitrogens is 2. The largest absolute Gasteiger partial charge is 0.492 e. The Labute approximate surface area is 151 Å². The van der Waals surface area contributed by atoms with Crippen LogP contribution in [0.2, 0.25) is 0 Å². The first-order valence-corrected chi connectivity index (χ1v) is 8.67. The van der Waals surface area contributed by atoms with Crippen LogP contribution >= 0.6 is 0 Å². The number of hydrogen-bond donors (Lipinski definition) is 1. The molecule has 2 rings (SSSR count). The van der Waals surface area contributed by atoms with Crippen molar-refractivity contribution in [1.29, 1.82) is 0 Å². The van der Waals surface area contributed by atoms with Gasteiger partial charge >= 0.3 is 7.12 Å². The van der Waals surface area contributed by atoms with Crippen molar-refractivity contribution in [3.8, 4) is 0 Å². The SMILES string of the molecule is CC(=O)NCC(=Cc1cnn(C(C)(C)C)c1)B1OC(C)(C)C(C)(C)O1. The van der Waals surface area contributed by atoms with Crippen LogP contribution < -0.4 is 5.32 Å². The van der Waals surface area contributed by atoms with Gasteiger partial charge in [0.15, 0.2) is 0 Å². The summed E-state index contributed by atoms with van der Waals surface area (Å²) >= 11 is 0. The zero-order chi connectivity index (χ0) is 19.0. The third-order valence-corrected chi connectivity index (χ3v) is 4.74. The molecular formula is C18H30BN3O3. The smallest absolute Gasteiger partial charge is 0.400 e. The molecule has 138 valence electrons. The molecule has 1 N–H and O–H groups in total. The van der Waals surface area contributed by atoms with Crippen molar-refractivity contribution in [2.24, 2.45) is 0 Å². The van der Waals surface area contributed by atoms with Gasteiger partial charge in [0.25, 0.3) is 0 Å². The Hall–Kier alpha value is -1.60. The van der Waals surface area contributed by atoms with E-state index in [0.717, 1.165) is 11.0 Å². The summed E-state index contributed by atoms with van der Waals surface area (Å²) in [5.41, 5.74) is 0.867. The van der Waals surface area contributed by atoms with Crippen molar-refractivity contribution >= 4 is 19.1 Å². The fraction of sp³-hybridized carbons (Fsp3) is 0.667.